The van der Waals surface area contributed by atoms with Crippen LogP contribution in [-0.4, -0.2) is 40.3 Å². The maximum Gasteiger partial charge on any atom is 0.272 e. The van der Waals surface area contributed by atoms with Crippen LogP contribution in [-0.2, 0) is 4.74 Å². The predicted molar refractivity (Wildman–Crippen MR) is 109 cm³/mol. The molecule has 0 spiro atoms. The lowest BCUT2D eigenvalue weighted by molar-refractivity contribution is 0.0693. The number of ether oxygens (including phenoxy) is 1. The molecule has 1 amide bonds. The van der Waals surface area contributed by atoms with Gasteiger partial charge in [0.25, 0.3) is 5.91 Å². The summed E-state index contributed by atoms with van der Waals surface area (Å²) in [5.74, 6) is 0.368. The molecule has 3 aromatic rings. The van der Waals surface area contributed by atoms with E-state index in [9.17, 15) is 4.79 Å². The number of hydrogen-bond acceptors (Lipinski definition) is 6. The van der Waals surface area contributed by atoms with Crippen LogP contribution in [0.25, 0.3) is 0 Å². The minimum atomic E-state index is -0.208. The second kappa shape index (κ2) is 9.25. The molecule has 1 aromatic carbocycles. The number of nitrogens with one attached hydrogen (secondary N) is 2. The van der Waals surface area contributed by atoms with E-state index in [1.807, 2.05) is 48.5 Å². The van der Waals surface area contributed by atoms with Gasteiger partial charge in [0.05, 0.1) is 11.7 Å². The maximum atomic E-state index is 12.4. The van der Waals surface area contributed by atoms with Gasteiger partial charge in [-0.1, -0.05) is 36.4 Å². The highest BCUT2D eigenvalue weighted by molar-refractivity contribution is 5.92. The van der Waals surface area contributed by atoms with Crippen molar-refractivity contribution >= 4 is 11.7 Å². The first kappa shape index (κ1) is 19.0. The zero-order valence-electron chi connectivity index (χ0n) is 16.0. The second-order valence-electron chi connectivity index (χ2n) is 6.91. The van der Waals surface area contributed by atoms with Gasteiger partial charge in [-0.25, -0.2) is 0 Å². The quantitative estimate of drug-likeness (QED) is 0.674. The van der Waals surface area contributed by atoms with E-state index in [0.29, 0.717) is 24.7 Å². The Bertz CT molecular complexity index is 873. The molecule has 2 aromatic heterocycles. The molecule has 0 saturated carbocycles. The van der Waals surface area contributed by atoms with E-state index in [2.05, 4.69) is 25.8 Å². The molecule has 1 atom stereocenters. The molecule has 1 unspecified atom stereocenters. The fourth-order valence-corrected chi connectivity index (χ4v) is 3.30. The van der Waals surface area contributed by atoms with Crippen molar-refractivity contribution < 1.29 is 9.53 Å². The normalized spacial score (nSPS) is 15.4. The van der Waals surface area contributed by atoms with Gasteiger partial charge in [-0.2, -0.15) is 0 Å². The van der Waals surface area contributed by atoms with Gasteiger partial charge in [-0.05, 0) is 42.7 Å². The molecular formula is C22H23N5O2. The number of nitrogens with zero attached hydrogens (tertiary/aromatic N) is 3. The topological polar surface area (TPSA) is 89.0 Å². The number of amides is 1. The van der Waals surface area contributed by atoms with Crippen LogP contribution >= 0.6 is 0 Å². The molecular weight excluding hydrogens is 366 g/mol. The number of benzene rings is 1. The Morgan fingerprint density at radius 2 is 1.76 bits per heavy atom. The van der Waals surface area contributed by atoms with Crippen LogP contribution in [0.4, 0.5) is 5.82 Å². The molecule has 1 aliphatic heterocycles. The molecule has 1 fully saturated rings. The molecule has 7 heteroatoms. The molecule has 29 heavy (non-hydrogen) atoms. The highest BCUT2D eigenvalue weighted by Gasteiger charge is 2.19. The Morgan fingerprint density at radius 3 is 2.45 bits per heavy atom. The van der Waals surface area contributed by atoms with E-state index in [1.54, 1.807) is 18.3 Å². The lowest BCUT2D eigenvalue weighted by Gasteiger charge is -2.22. The minimum Gasteiger partial charge on any atom is -0.381 e. The number of carbonyl (C=O) groups excluding carboxylic acids is 1. The number of anilines is 1. The number of rotatable bonds is 6. The zero-order valence-corrected chi connectivity index (χ0v) is 16.0. The molecule has 4 rings (SSSR count). The average molecular weight is 389 g/mol. The average Bonchev–Trinajstić information content (AvgIpc) is 2.80. The largest absolute Gasteiger partial charge is 0.381 e. The first-order chi connectivity index (χ1) is 14.3. The first-order valence-electron chi connectivity index (χ1n) is 9.74. The van der Waals surface area contributed by atoms with E-state index in [0.717, 1.165) is 24.1 Å². The first-order valence-corrected chi connectivity index (χ1v) is 9.74. The van der Waals surface area contributed by atoms with Gasteiger partial charge in [-0.15, -0.1) is 10.2 Å². The van der Waals surface area contributed by atoms with E-state index in [-0.39, 0.29) is 18.0 Å². The Labute approximate surface area is 169 Å². The van der Waals surface area contributed by atoms with Crippen molar-refractivity contribution in [2.45, 2.75) is 24.9 Å². The molecule has 1 saturated heterocycles. The Morgan fingerprint density at radius 1 is 0.966 bits per heavy atom. The second-order valence-corrected chi connectivity index (χ2v) is 6.91. The van der Waals surface area contributed by atoms with Crippen LogP contribution < -0.4 is 10.6 Å². The monoisotopic (exact) mass is 389 g/mol. The summed E-state index contributed by atoms with van der Waals surface area (Å²) in [6.07, 6.45) is 3.41. The summed E-state index contributed by atoms with van der Waals surface area (Å²) in [5, 5.41) is 14.7. The number of carbonyl (C=O) groups is 1. The Kier molecular flexibility index (Phi) is 6.07. The lowest BCUT2D eigenvalue weighted by Crippen LogP contribution is -2.39. The zero-order chi connectivity index (χ0) is 19.9. The fraction of sp³-hybridized carbons (Fsp3) is 0.273. The summed E-state index contributed by atoms with van der Waals surface area (Å²) in [7, 11) is 0. The summed E-state index contributed by atoms with van der Waals surface area (Å²) in [6.45, 7) is 1.35. The molecule has 3 heterocycles. The summed E-state index contributed by atoms with van der Waals surface area (Å²) < 4.78 is 5.32. The van der Waals surface area contributed by atoms with E-state index >= 15 is 0 Å². The van der Waals surface area contributed by atoms with Crippen molar-refractivity contribution in [3.8, 4) is 0 Å². The molecule has 0 bridgehead atoms. The van der Waals surface area contributed by atoms with Crippen LogP contribution in [0.15, 0.2) is 66.9 Å². The highest BCUT2D eigenvalue weighted by atomic mass is 16.5. The van der Waals surface area contributed by atoms with Gasteiger partial charge in [0.2, 0.25) is 0 Å². The number of hydrogen-bond donors (Lipinski definition) is 2. The van der Waals surface area contributed by atoms with Crippen molar-refractivity contribution in [3.05, 3.63) is 83.8 Å². The maximum absolute atomic E-state index is 12.4. The Hall–Kier alpha value is -3.32. The Balaban J connectivity index is 1.48. The van der Waals surface area contributed by atoms with E-state index in [1.165, 1.54) is 0 Å². The van der Waals surface area contributed by atoms with Crippen LogP contribution in [0, 0.1) is 0 Å². The summed E-state index contributed by atoms with van der Waals surface area (Å²) in [4.78, 5) is 16.9. The third kappa shape index (κ3) is 4.94. The van der Waals surface area contributed by atoms with Crippen molar-refractivity contribution in [1.82, 2.24) is 20.5 Å². The van der Waals surface area contributed by atoms with Gasteiger partial charge >= 0.3 is 0 Å². The number of aromatic nitrogens is 3. The number of pyridine rings is 1. The third-order valence-corrected chi connectivity index (χ3v) is 4.86. The van der Waals surface area contributed by atoms with Gasteiger partial charge in [0.15, 0.2) is 5.69 Å². The van der Waals surface area contributed by atoms with E-state index in [4.69, 9.17) is 4.74 Å². The van der Waals surface area contributed by atoms with Gasteiger partial charge in [0.1, 0.15) is 5.82 Å². The molecule has 1 aliphatic rings. The molecule has 7 nitrogen and oxygen atoms in total. The van der Waals surface area contributed by atoms with Gasteiger partial charge in [0, 0.05) is 25.5 Å². The standard InChI is InChI=1S/C22H23N5O2/c28-22(24-17-11-14-29-15-12-17)19-9-10-20(27-26-19)25-21(16-6-2-1-3-7-16)18-8-4-5-13-23-18/h1-10,13,17,21H,11-12,14-15H2,(H,24,28)(H,25,27). The summed E-state index contributed by atoms with van der Waals surface area (Å²) >= 11 is 0. The fourth-order valence-electron chi connectivity index (χ4n) is 3.30. The van der Waals surface area contributed by atoms with Crippen molar-refractivity contribution in [1.29, 1.82) is 0 Å². The van der Waals surface area contributed by atoms with Crippen LogP contribution in [0.3, 0.4) is 0 Å². The molecule has 0 aliphatic carbocycles. The van der Waals surface area contributed by atoms with Crippen LogP contribution in [0.1, 0.15) is 40.6 Å². The van der Waals surface area contributed by atoms with E-state index < -0.39 is 0 Å². The van der Waals surface area contributed by atoms with Crippen molar-refractivity contribution in [2.75, 3.05) is 18.5 Å². The van der Waals surface area contributed by atoms with Gasteiger partial charge < -0.3 is 15.4 Å². The summed E-state index contributed by atoms with van der Waals surface area (Å²) in [5.41, 5.74) is 2.24. The SMILES string of the molecule is O=C(NC1CCOCC1)c1ccc(NC(c2ccccc2)c2ccccn2)nn1. The molecule has 148 valence electrons. The smallest absolute Gasteiger partial charge is 0.272 e. The molecule has 0 radical (unpaired) electrons. The van der Waals surface area contributed by atoms with Crippen LogP contribution in [0.5, 0.6) is 0 Å². The van der Waals surface area contributed by atoms with Crippen LogP contribution in [0.2, 0.25) is 0 Å². The third-order valence-electron chi connectivity index (χ3n) is 4.86. The lowest BCUT2D eigenvalue weighted by atomic mass is 10.0. The van der Waals surface area contributed by atoms with Crippen molar-refractivity contribution in [3.63, 3.8) is 0 Å². The predicted octanol–water partition coefficient (Wildman–Crippen LogP) is 2.98. The molecule has 2 N–H and O–H groups in total. The van der Waals surface area contributed by atoms with Gasteiger partial charge in [-0.3, -0.25) is 9.78 Å². The highest BCUT2D eigenvalue weighted by Crippen LogP contribution is 2.24. The van der Waals surface area contributed by atoms with Crippen molar-refractivity contribution in [2.24, 2.45) is 0 Å². The minimum absolute atomic E-state index is 0.127. The summed E-state index contributed by atoms with van der Waals surface area (Å²) in [6, 6.07) is 19.2.